The van der Waals surface area contributed by atoms with Gasteiger partial charge in [0.25, 0.3) is 0 Å². The summed E-state index contributed by atoms with van der Waals surface area (Å²) >= 11 is 0. The molecular weight excluding hydrogens is 294 g/mol. The lowest BCUT2D eigenvalue weighted by Crippen LogP contribution is -2.51. The van der Waals surface area contributed by atoms with Crippen molar-refractivity contribution in [1.29, 1.82) is 0 Å². The Morgan fingerprint density at radius 1 is 1.30 bits per heavy atom. The molecule has 1 atom stereocenters. The number of piperidine rings is 1. The minimum absolute atomic E-state index is 0.0126. The van der Waals surface area contributed by atoms with Gasteiger partial charge in [0.15, 0.2) is 0 Å². The molecule has 1 heterocycles. The van der Waals surface area contributed by atoms with Crippen LogP contribution >= 0.6 is 0 Å². The molecule has 1 fully saturated rings. The van der Waals surface area contributed by atoms with Crippen LogP contribution in [0.5, 0.6) is 0 Å². The van der Waals surface area contributed by atoms with E-state index in [0.717, 1.165) is 24.8 Å². The summed E-state index contributed by atoms with van der Waals surface area (Å²) in [5.41, 5.74) is 6.42. The fraction of sp³-hybridized carbons (Fsp3) is 0.529. The average molecular weight is 319 g/mol. The summed E-state index contributed by atoms with van der Waals surface area (Å²) in [6.45, 7) is 1.45. The van der Waals surface area contributed by atoms with E-state index in [2.05, 4.69) is 0 Å². The second-order valence-electron chi connectivity index (χ2n) is 5.86. The molecular formula is C17H25N3O3. The number of rotatable bonds is 5. The summed E-state index contributed by atoms with van der Waals surface area (Å²) in [5, 5.41) is 0. The predicted octanol–water partition coefficient (Wildman–Crippen LogP) is 1.59. The van der Waals surface area contributed by atoms with E-state index >= 15 is 0 Å². The molecule has 6 nitrogen and oxygen atoms in total. The summed E-state index contributed by atoms with van der Waals surface area (Å²) in [6, 6.07) is 9.58. The van der Waals surface area contributed by atoms with Crippen LogP contribution in [-0.4, -0.2) is 54.5 Å². The van der Waals surface area contributed by atoms with E-state index in [4.69, 9.17) is 10.5 Å². The van der Waals surface area contributed by atoms with Gasteiger partial charge in [-0.1, -0.05) is 30.3 Å². The van der Waals surface area contributed by atoms with Crippen molar-refractivity contribution in [3.63, 3.8) is 0 Å². The molecule has 1 saturated heterocycles. The third-order valence-electron chi connectivity index (χ3n) is 4.12. The molecule has 2 rings (SSSR count). The minimum Gasteiger partial charge on any atom is -0.445 e. The predicted molar refractivity (Wildman–Crippen MR) is 87.7 cm³/mol. The monoisotopic (exact) mass is 319 g/mol. The van der Waals surface area contributed by atoms with Gasteiger partial charge >= 0.3 is 6.09 Å². The molecule has 0 aliphatic carbocycles. The van der Waals surface area contributed by atoms with Crippen molar-refractivity contribution in [2.75, 3.05) is 26.7 Å². The molecule has 0 aromatic heterocycles. The number of nitrogens with two attached hydrogens (primary N) is 1. The standard InChI is InChI=1S/C17H25N3O3/c1-19(17(22)23-13-14-7-3-2-4-8-14)12-15-9-5-6-10-20(15)16(21)11-18/h2-4,7-8,15H,5-6,9-13,18H2,1H3/t15-/m0/s1. The average Bonchev–Trinajstić information content (AvgIpc) is 2.60. The van der Waals surface area contributed by atoms with Gasteiger partial charge in [-0.15, -0.1) is 0 Å². The molecule has 6 heteroatoms. The van der Waals surface area contributed by atoms with Crippen LogP contribution in [0.3, 0.4) is 0 Å². The molecule has 0 spiro atoms. The molecule has 1 aliphatic rings. The molecule has 0 radical (unpaired) electrons. The Kier molecular flexibility index (Phi) is 6.40. The minimum atomic E-state index is -0.375. The Hall–Kier alpha value is -2.08. The van der Waals surface area contributed by atoms with Crippen LogP contribution in [0.1, 0.15) is 24.8 Å². The molecule has 0 bridgehead atoms. The first-order chi connectivity index (χ1) is 11.1. The zero-order chi connectivity index (χ0) is 16.7. The summed E-state index contributed by atoms with van der Waals surface area (Å²) in [4.78, 5) is 27.4. The Bertz CT molecular complexity index is 521. The fourth-order valence-corrected chi connectivity index (χ4v) is 2.86. The largest absolute Gasteiger partial charge is 0.445 e. The van der Waals surface area contributed by atoms with Gasteiger partial charge in [0.1, 0.15) is 6.61 Å². The highest BCUT2D eigenvalue weighted by Gasteiger charge is 2.28. The first-order valence-electron chi connectivity index (χ1n) is 8.03. The van der Waals surface area contributed by atoms with Crippen LogP contribution in [0.2, 0.25) is 0 Å². The fourth-order valence-electron chi connectivity index (χ4n) is 2.86. The SMILES string of the molecule is CN(C[C@@H]1CCCCN1C(=O)CN)C(=O)OCc1ccccc1. The normalized spacial score (nSPS) is 17.7. The van der Waals surface area contributed by atoms with Crippen molar-refractivity contribution in [2.24, 2.45) is 5.73 Å². The number of ether oxygens (including phenoxy) is 1. The Labute approximate surface area is 137 Å². The molecule has 2 N–H and O–H groups in total. The van der Waals surface area contributed by atoms with E-state index in [1.807, 2.05) is 30.3 Å². The van der Waals surface area contributed by atoms with Gasteiger partial charge in [0.2, 0.25) is 5.91 Å². The highest BCUT2D eigenvalue weighted by molar-refractivity contribution is 5.78. The Morgan fingerprint density at radius 3 is 2.74 bits per heavy atom. The van der Waals surface area contributed by atoms with Gasteiger partial charge in [0, 0.05) is 26.2 Å². The maximum Gasteiger partial charge on any atom is 0.409 e. The maximum atomic E-state index is 12.1. The quantitative estimate of drug-likeness (QED) is 0.894. The van der Waals surface area contributed by atoms with Crippen LogP contribution in [0.4, 0.5) is 4.79 Å². The van der Waals surface area contributed by atoms with E-state index in [-0.39, 0.29) is 31.2 Å². The smallest absolute Gasteiger partial charge is 0.409 e. The summed E-state index contributed by atoms with van der Waals surface area (Å²) in [6.07, 6.45) is 2.57. The Balaban J connectivity index is 1.85. The first-order valence-corrected chi connectivity index (χ1v) is 8.03. The van der Waals surface area contributed by atoms with E-state index in [0.29, 0.717) is 13.1 Å². The molecule has 126 valence electrons. The number of hydrogen-bond acceptors (Lipinski definition) is 4. The number of benzene rings is 1. The van der Waals surface area contributed by atoms with Crippen molar-refractivity contribution in [1.82, 2.24) is 9.80 Å². The van der Waals surface area contributed by atoms with Gasteiger partial charge < -0.3 is 20.3 Å². The third-order valence-corrected chi connectivity index (χ3v) is 4.12. The molecule has 0 saturated carbocycles. The van der Waals surface area contributed by atoms with Crippen LogP contribution in [0.25, 0.3) is 0 Å². The van der Waals surface area contributed by atoms with Gasteiger partial charge in [-0.3, -0.25) is 4.79 Å². The number of carbonyl (C=O) groups is 2. The highest BCUT2D eigenvalue weighted by atomic mass is 16.6. The molecule has 2 amide bonds. The second kappa shape index (κ2) is 8.53. The van der Waals surface area contributed by atoms with E-state index in [9.17, 15) is 9.59 Å². The van der Waals surface area contributed by atoms with Crippen LogP contribution in [-0.2, 0) is 16.1 Å². The summed E-state index contributed by atoms with van der Waals surface area (Å²) < 4.78 is 5.31. The van der Waals surface area contributed by atoms with Crippen molar-refractivity contribution >= 4 is 12.0 Å². The van der Waals surface area contributed by atoms with E-state index in [1.54, 1.807) is 11.9 Å². The topological polar surface area (TPSA) is 75.9 Å². The van der Waals surface area contributed by atoms with Crippen molar-refractivity contribution in [2.45, 2.75) is 31.9 Å². The second-order valence-corrected chi connectivity index (χ2v) is 5.86. The summed E-state index contributed by atoms with van der Waals surface area (Å²) in [5.74, 6) is -0.0549. The van der Waals surface area contributed by atoms with Crippen molar-refractivity contribution in [3.8, 4) is 0 Å². The molecule has 1 aromatic carbocycles. The number of nitrogens with zero attached hydrogens (tertiary/aromatic N) is 2. The van der Waals surface area contributed by atoms with Gasteiger partial charge in [0.05, 0.1) is 6.54 Å². The third kappa shape index (κ3) is 4.96. The van der Waals surface area contributed by atoms with E-state index in [1.165, 1.54) is 4.90 Å². The Morgan fingerprint density at radius 2 is 2.04 bits per heavy atom. The van der Waals surface area contributed by atoms with Gasteiger partial charge in [-0.25, -0.2) is 4.79 Å². The number of hydrogen-bond donors (Lipinski definition) is 1. The van der Waals surface area contributed by atoms with Crippen LogP contribution in [0.15, 0.2) is 30.3 Å². The van der Waals surface area contributed by atoms with Crippen LogP contribution in [0, 0.1) is 0 Å². The number of likely N-dealkylation sites (N-methyl/N-ethyl adjacent to an activating group) is 1. The molecule has 1 aromatic rings. The zero-order valence-electron chi connectivity index (χ0n) is 13.6. The highest BCUT2D eigenvalue weighted by Crippen LogP contribution is 2.18. The number of carbonyl (C=O) groups excluding carboxylic acids is 2. The maximum absolute atomic E-state index is 12.1. The zero-order valence-corrected chi connectivity index (χ0v) is 13.6. The lowest BCUT2D eigenvalue weighted by atomic mass is 10.0. The number of likely N-dealkylation sites (tertiary alicyclic amines) is 1. The lowest BCUT2D eigenvalue weighted by molar-refractivity contribution is -0.133. The first kappa shape index (κ1) is 17.3. The van der Waals surface area contributed by atoms with Crippen molar-refractivity contribution < 1.29 is 14.3 Å². The van der Waals surface area contributed by atoms with Gasteiger partial charge in [-0.05, 0) is 24.8 Å². The number of amides is 2. The molecule has 1 aliphatic heterocycles. The van der Waals surface area contributed by atoms with Gasteiger partial charge in [-0.2, -0.15) is 0 Å². The van der Waals surface area contributed by atoms with Crippen molar-refractivity contribution in [3.05, 3.63) is 35.9 Å². The molecule has 0 unspecified atom stereocenters. The molecule has 23 heavy (non-hydrogen) atoms. The van der Waals surface area contributed by atoms with Crippen LogP contribution < -0.4 is 5.73 Å². The lowest BCUT2D eigenvalue weighted by Gasteiger charge is -2.37. The summed E-state index contributed by atoms with van der Waals surface area (Å²) in [7, 11) is 1.70. The van der Waals surface area contributed by atoms with E-state index < -0.39 is 0 Å².